The molecule has 0 bridgehead atoms. The molecule has 0 saturated heterocycles. The molecule has 0 aromatic heterocycles. The van der Waals surface area contributed by atoms with Crippen molar-refractivity contribution in [3.63, 3.8) is 0 Å². The van der Waals surface area contributed by atoms with Gasteiger partial charge in [-0.1, -0.05) is 6.07 Å². The van der Waals surface area contributed by atoms with Gasteiger partial charge in [0.2, 0.25) is 0 Å². The van der Waals surface area contributed by atoms with E-state index in [1.807, 2.05) is 20.8 Å². The first-order chi connectivity index (χ1) is 12.4. The van der Waals surface area contributed by atoms with Crippen LogP contribution in [0.5, 0.6) is 17.2 Å². The van der Waals surface area contributed by atoms with E-state index in [2.05, 4.69) is 10.6 Å². The Bertz CT molecular complexity index is 805. The second kappa shape index (κ2) is 8.75. The number of rotatable bonds is 6. The van der Waals surface area contributed by atoms with E-state index < -0.39 is 11.8 Å². The Labute approximate surface area is 151 Å². The Hall–Kier alpha value is -3.22. The van der Waals surface area contributed by atoms with Crippen molar-refractivity contribution in [2.45, 2.75) is 20.8 Å². The smallest absolute Gasteiger partial charge is 0.314 e. The van der Waals surface area contributed by atoms with E-state index in [4.69, 9.17) is 9.47 Å². The summed E-state index contributed by atoms with van der Waals surface area (Å²) in [4.78, 5) is 24.2. The van der Waals surface area contributed by atoms with E-state index in [1.54, 1.807) is 30.3 Å². The van der Waals surface area contributed by atoms with E-state index in [0.29, 0.717) is 30.4 Å². The first kappa shape index (κ1) is 19.1. The normalized spacial score (nSPS) is 10.1. The average molecular weight is 358 g/mol. The largest absolute Gasteiger partial charge is 0.506 e. The van der Waals surface area contributed by atoms with Crippen molar-refractivity contribution in [3.05, 3.63) is 42.0 Å². The Morgan fingerprint density at radius 1 is 0.923 bits per heavy atom. The summed E-state index contributed by atoms with van der Waals surface area (Å²) in [5, 5.41) is 14.6. The van der Waals surface area contributed by atoms with Gasteiger partial charge in [0.25, 0.3) is 0 Å². The Morgan fingerprint density at radius 2 is 1.58 bits per heavy atom. The number of aryl methyl sites for hydroxylation is 1. The molecule has 138 valence electrons. The zero-order valence-electron chi connectivity index (χ0n) is 15.0. The lowest BCUT2D eigenvalue weighted by atomic mass is 10.2. The van der Waals surface area contributed by atoms with Crippen LogP contribution in [0.2, 0.25) is 0 Å². The summed E-state index contributed by atoms with van der Waals surface area (Å²) in [5.74, 6) is -0.836. The Balaban J connectivity index is 2.09. The molecular weight excluding hydrogens is 336 g/mol. The van der Waals surface area contributed by atoms with Crippen LogP contribution in [0.3, 0.4) is 0 Å². The molecule has 0 unspecified atom stereocenters. The van der Waals surface area contributed by atoms with Gasteiger partial charge in [0.15, 0.2) is 11.5 Å². The van der Waals surface area contributed by atoms with Gasteiger partial charge in [0.1, 0.15) is 5.75 Å². The van der Waals surface area contributed by atoms with Crippen molar-refractivity contribution in [1.82, 2.24) is 0 Å². The third-order valence-corrected chi connectivity index (χ3v) is 3.41. The average Bonchev–Trinajstić information content (AvgIpc) is 2.60. The predicted octanol–water partition coefficient (Wildman–Crippen LogP) is 3.08. The minimum atomic E-state index is -0.891. The molecule has 2 amide bonds. The number of hydrogen-bond donors (Lipinski definition) is 3. The SMILES string of the molecule is CCOc1ccc(NC(=O)C(=O)Nc2cc(C)ccc2O)cc1OCC. The molecule has 7 nitrogen and oxygen atoms in total. The van der Waals surface area contributed by atoms with Gasteiger partial charge >= 0.3 is 11.8 Å². The van der Waals surface area contributed by atoms with Crippen molar-refractivity contribution in [1.29, 1.82) is 0 Å². The third kappa shape index (κ3) is 4.89. The predicted molar refractivity (Wildman–Crippen MR) is 98.9 cm³/mol. The molecular formula is C19H22N2O5. The van der Waals surface area contributed by atoms with Crippen LogP contribution in [0.4, 0.5) is 11.4 Å². The highest BCUT2D eigenvalue weighted by molar-refractivity contribution is 6.43. The summed E-state index contributed by atoms with van der Waals surface area (Å²) in [5.41, 5.74) is 1.41. The van der Waals surface area contributed by atoms with E-state index in [9.17, 15) is 14.7 Å². The van der Waals surface area contributed by atoms with Crippen LogP contribution < -0.4 is 20.1 Å². The highest BCUT2D eigenvalue weighted by atomic mass is 16.5. The monoisotopic (exact) mass is 358 g/mol. The number of benzene rings is 2. The molecule has 0 aliphatic carbocycles. The minimum absolute atomic E-state index is 0.114. The summed E-state index contributed by atoms with van der Waals surface area (Å²) in [6.45, 7) is 6.42. The van der Waals surface area contributed by atoms with Gasteiger partial charge in [-0.05, 0) is 50.6 Å². The summed E-state index contributed by atoms with van der Waals surface area (Å²) in [6.07, 6.45) is 0. The van der Waals surface area contributed by atoms with Crippen LogP contribution in [0.25, 0.3) is 0 Å². The number of hydrogen-bond acceptors (Lipinski definition) is 5. The highest BCUT2D eigenvalue weighted by Gasteiger charge is 2.17. The lowest BCUT2D eigenvalue weighted by molar-refractivity contribution is -0.133. The molecule has 0 radical (unpaired) electrons. The molecule has 0 spiro atoms. The standard InChI is InChI=1S/C19H22N2O5/c1-4-25-16-9-7-13(11-17(16)26-5-2)20-18(23)19(24)21-14-10-12(3)6-8-15(14)22/h6-11,22H,4-5H2,1-3H3,(H,20,23)(H,21,24). The summed E-state index contributed by atoms with van der Waals surface area (Å²) < 4.78 is 10.9. The van der Waals surface area contributed by atoms with Gasteiger partial charge in [-0.3, -0.25) is 9.59 Å². The molecule has 0 heterocycles. The number of carbonyl (C=O) groups excluding carboxylic acids is 2. The van der Waals surface area contributed by atoms with Crippen LogP contribution in [0.1, 0.15) is 19.4 Å². The number of phenolic OH excluding ortho intramolecular Hbond substituents is 1. The van der Waals surface area contributed by atoms with Gasteiger partial charge in [0, 0.05) is 11.8 Å². The zero-order chi connectivity index (χ0) is 19.1. The number of aromatic hydroxyl groups is 1. The van der Waals surface area contributed by atoms with Crippen molar-refractivity contribution < 1.29 is 24.2 Å². The maximum Gasteiger partial charge on any atom is 0.314 e. The van der Waals surface area contributed by atoms with Crippen molar-refractivity contribution >= 4 is 23.2 Å². The maximum atomic E-state index is 12.1. The molecule has 3 N–H and O–H groups in total. The van der Waals surface area contributed by atoms with Crippen molar-refractivity contribution in [3.8, 4) is 17.2 Å². The molecule has 2 aromatic rings. The number of amides is 2. The molecule has 0 aliphatic heterocycles. The Kier molecular flexibility index (Phi) is 6.43. The third-order valence-electron chi connectivity index (χ3n) is 3.41. The second-order valence-corrected chi connectivity index (χ2v) is 5.46. The first-order valence-corrected chi connectivity index (χ1v) is 8.26. The van der Waals surface area contributed by atoms with Gasteiger partial charge in [-0.25, -0.2) is 0 Å². The molecule has 0 fully saturated rings. The fourth-order valence-electron chi connectivity index (χ4n) is 2.25. The van der Waals surface area contributed by atoms with Crippen LogP contribution in [0, 0.1) is 6.92 Å². The van der Waals surface area contributed by atoms with E-state index >= 15 is 0 Å². The van der Waals surface area contributed by atoms with E-state index in [1.165, 1.54) is 6.07 Å². The van der Waals surface area contributed by atoms with Gasteiger partial charge < -0.3 is 25.2 Å². The van der Waals surface area contributed by atoms with Crippen molar-refractivity contribution in [2.24, 2.45) is 0 Å². The molecule has 0 saturated carbocycles. The number of ether oxygens (including phenoxy) is 2. The van der Waals surface area contributed by atoms with Crippen LogP contribution in [-0.4, -0.2) is 30.1 Å². The number of phenols is 1. The maximum absolute atomic E-state index is 12.1. The summed E-state index contributed by atoms with van der Waals surface area (Å²) in [6, 6.07) is 9.58. The number of anilines is 2. The fourth-order valence-corrected chi connectivity index (χ4v) is 2.25. The van der Waals surface area contributed by atoms with Gasteiger partial charge in [-0.2, -0.15) is 0 Å². The van der Waals surface area contributed by atoms with Gasteiger partial charge in [0.05, 0.1) is 18.9 Å². The topological polar surface area (TPSA) is 96.9 Å². The van der Waals surface area contributed by atoms with Crippen LogP contribution in [-0.2, 0) is 9.59 Å². The Morgan fingerprint density at radius 3 is 2.27 bits per heavy atom. The molecule has 2 aromatic carbocycles. The van der Waals surface area contributed by atoms with E-state index in [0.717, 1.165) is 5.56 Å². The lowest BCUT2D eigenvalue weighted by Crippen LogP contribution is -2.29. The summed E-state index contributed by atoms with van der Waals surface area (Å²) >= 11 is 0. The van der Waals surface area contributed by atoms with Crippen molar-refractivity contribution in [2.75, 3.05) is 23.8 Å². The highest BCUT2D eigenvalue weighted by Crippen LogP contribution is 2.30. The second-order valence-electron chi connectivity index (χ2n) is 5.46. The quantitative estimate of drug-likeness (QED) is 0.545. The minimum Gasteiger partial charge on any atom is -0.506 e. The van der Waals surface area contributed by atoms with Gasteiger partial charge in [-0.15, -0.1) is 0 Å². The number of nitrogens with one attached hydrogen (secondary N) is 2. The first-order valence-electron chi connectivity index (χ1n) is 8.26. The lowest BCUT2D eigenvalue weighted by Gasteiger charge is -2.13. The molecule has 26 heavy (non-hydrogen) atoms. The van der Waals surface area contributed by atoms with Crippen LogP contribution >= 0.6 is 0 Å². The van der Waals surface area contributed by atoms with E-state index in [-0.39, 0.29) is 11.4 Å². The van der Waals surface area contributed by atoms with Crippen LogP contribution in [0.15, 0.2) is 36.4 Å². The fraction of sp³-hybridized carbons (Fsp3) is 0.263. The number of carbonyl (C=O) groups is 2. The zero-order valence-corrected chi connectivity index (χ0v) is 15.0. The molecule has 0 aliphatic rings. The molecule has 0 atom stereocenters. The molecule has 2 rings (SSSR count). The molecule has 7 heteroatoms. The summed E-state index contributed by atoms with van der Waals surface area (Å²) in [7, 11) is 0.